The van der Waals surface area contributed by atoms with Crippen molar-refractivity contribution in [2.45, 2.75) is 52.4 Å². The zero-order valence-corrected chi connectivity index (χ0v) is 11.7. The molecule has 2 rings (SSSR count). The summed E-state index contributed by atoms with van der Waals surface area (Å²) in [6.07, 6.45) is 4.65. The van der Waals surface area contributed by atoms with Crippen LogP contribution in [0.3, 0.4) is 0 Å². The summed E-state index contributed by atoms with van der Waals surface area (Å²) in [7, 11) is 0. The quantitative estimate of drug-likeness (QED) is 0.762. The first-order valence-corrected chi connectivity index (χ1v) is 7.28. The first-order chi connectivity index (χ1) is 8.15. The van der Waals surface area contributed by atoms with Crippen LogP contribution in [0.5, 0.6) is 0 Å². The summed E-state index contributed by atoms with van der Waals surface area (Å²) < 4.78 is 5.21. The highest BCUT2D eigenvalue weighted by Crippen LogP contribution is 2.38. The van der Waals surface area contributed by atoms with E-state index in [1.54, 1.807) is 0 Å². The van der Waals surface area contributed by atoms with Gasteiger partial charge in [-0.15, -0.1) is 11.3 Å². The van der Waals surface area contributed by atoms with Gasteiger partial charge >= 0.3 is 5.97 Å². The van der Waals surface area contributed by atoms with Crippen molar-refractivity contribution in [2.24, 2.45) is 0 Å². The second-order valence-electron chi connectivity index (χ2n) is 4.83. The van der Waals surface area contributed by atoms with Gasteiger partial charge in [-0.2, -0.15) is 0 Å². The molecule has 0 atom stereocenters. The molecule has 1 aromatic rings. The topological polar surface area (TPSA) is 26.3 Å². The molecule has 1 aromatic heterocycles. The molecule has 0 spiro atoms. The average Bonchev–Trinajstić information content (AvgIpc) is 2.68. The van der Waals surface area contributed by atoms with Crippen molar-refractivity contribution in [2.75, 3.05) is 6.61 Å². The molecule has 0 aromatic carbocycles. The minimum atomic E-state index is -0.115. The Morgan fingerprint density at radius 3 is 2.71 bits per heavy atom. The molecule has 0 saturated heterocycles. The van der Waals surface area contributed by atoms with Crippen molar-refractivity contribution in [3.8, 4) is 0 Å². The number of fused-ring (bicyclic) bond motifs is 1. The number of thiophene rings is 1. The first kappa shape index (κ1) is 12.6. The van der Waals surface area contributed by atoms with E-state index in [9.17, 15) is 4.79 Å². The van der Waals surface area contributed by atoms with Gasteiger partial charge in [0.15, 0.2) is 0 Å². The van der Waals surface area contributed by atoms with E-state index in [1.165, 1.54) is 28.2 Å². The lowest BCUT2D eigenvalue weighted by molar-refractivity contribution is 0.0524. The van der Waals surface area contributed by atoms with Crippen molar-refractivity contribution < 1.29 is 9.53 Å². The summed E-state index contributed by atoms with van der Waals surface area (Å²) >= 11 is 1.82. The van der Waals surface area contributed by atoms with Gasteiger partial charge in [0.05, 0.1) is 12.2 Å². The van der Waals surface area contributed by atoms with E-state index in [0.29, 0.717) is 12.5 Å². The largest absolute Gasteiger partial charge is 0.462 e. The van der Waals surface area contributed by atoms with Gasteiger partial charge in [-0.05, 0) is 44.1 Å². The van der Waals surface area contributed by atoms with Gasteiger partial charge in [-0.3, -0.25) is 0 Å². The Labute approximate surface area is 107 Å². The summed E-state index contributed by atoms with van der Waals surface area (Å²) in [5.74, 6) is 0.292. The third-order valence-corrected chi connectivity index (χ3v) is 4.79. The first-order valence-electron chi connectivity index (χ1n) is 6.46. The molecule has 0 fully saturated rings. The molecule has 2 nitrogen and oxygen atoms in total. The van der Waals surface area contributed by atoms with Gasteiger partial charge < -0.3 is 4.74 Å². The zero-order valence-electron chi connectivity index (χ0n) is 10.8. The molecule has 0 saturated carbocycles. The minimum Gasteiger partial charge on any atom is -0.462 e. The van der Waals surface area contributed by atoms with E-state index in [2.05, 4.69) is 13.8 Å². The maximum atomic E-state index is 12.1. The van der Waals surface area contributed by atoms with Crippen LogP contribution in [0.25, 0.3) is 0 Å². The van der Waals surface area contributed by atoms with Crippen LogP contribution in [0.2, 0.25) is 0 Å². The Balaban J connectivity index is 2.45. The number of hydrogen-bond donors (Lipinski definition) is 0. The maximum absolute atomic E-state index is 12.1. The number of aryl methyl sites for hydroxylation is 1. The predicted octanol–water partition coefficient (Wildman–Crippen LogP) is 3.93. The highest BCUT2D eigenvalue weighted by atomic mass is 32.1. The van der Waals surface area contributed by atoms with Crippen molar-refractivity contribution in [1.29, 1.82) is 0 Å². The molecule has 1 aliphatic rings. The van der Waals surface area contributed by atoms with Crippen LogP contribution in [0.1, 0.15) is 65.2 Å². The van der Waals surface area contributed by atoms with E-state index >= 15 is 0 Å². The number of ether oxygens (including phenoxy) is 1. The maximum Gasteiger partial charge on any atom is 0.339 e. The summed E-state index contributed by atoms with van der Waals surface area (Å²) in [5, 5.41) is 0. The van der Waals surface area contributed by atoms with Crippen LogP contribution >= 0.6 is 11.3 Å². The van der Waals surface area contributed by atoms with E-state index < -0.39 is 0 Å². The molecule has 3 heteroatoms. The highest BCUT2D eigenvalue weighted by Gasteiger charge is 2.27. The lowest BCUT2D eigenvalue weighted by atomic mass is 9.93. The summed E-state index contributed by atoms with van der Waals surface area (Å²) in [6, 6.07) is 0. The molecule has 0 amide bonds. The molecule has 0 bridgehead atoms. The standard InChI is InChI=1S/C14H20O2S/c1-4-16-14(15)12-10-7-5-6-8-11(10)17-13(12)9(2)3/h9H,4-8H2,1-3H3. The van der Waals surface area contributed by atoms with Crippen LogP contribution in [0.4, 0.5) is 0 Å². The Morgan fingerprint density at radius 1 is 1.35 bits per heavy atom. The number of carbonyl (C=O) groups excluding carboxylic acids is 1. The number of esters is 1. The van der Waals surface area contributed by atoms with Crippen LogP contribution in [-0.4, -0.2) is 12.6 Å². The Morgan fingerprint density at radius 2 is 2.06 bits per heavy atom. The third-order valence-electron chi connectivity index (χ3n) is 3.20. The molecular weight excluding hydrogens is 232 g/mol. The summed E-state index contributed by atoms with van der Waals surface area (Å²) in [5.41, 5.74) is 2.17. The molecule has 94 valence electrons. The van der Waals surface area contributed by atoms with Gasteiger partial charge in [0.25, 0.3) is 0 Å². The van der Waals surface area contributed by atoms with Crippen molar-refractivity contribution in [3.05, 3.63) is 20.9 Å². The number of rotatable bonds is 3. The fraction of sp³-hybridized carbons (Fsp3) is 0.643. The normalized spacial score (nSPS) is 14.8. The van der Waals surface area contributed by atoms with Gasteiger partial charge in [-0.25, -0.2) is 4.79 Å². The molecule has 0 N–H and O–H groups in total. The molecule has 0 radical (unpaired) electrons. The van der Waals surface area contributed by atoms with Crippen LogP contribution in [0, 0.1) is 0 Å². The fourth-order valence-electron chi connectivity index (χ4n) is 2.42. The second-order valence-corrected chi connectivity index (χ2v) is 5.96. The van der Waals surface area contributed by atoms with Gasteiger partial charge in [-0.1, -0.05) is 13.8 Å². The molecular formula is C14H20O2S. The molecule has 1 heterocycles. The second kappa shape index (κ2) is 5.21. The zero-order chi connectivity index (χ0) is 12.4. The average molecular weight is 252 g/mol. The van der Waals surface area contributed by atoms with E-state index in [-0.39, 0.29) is 5.97 Å². The Bertz CT molecular complexity index is 418. The van der Waals surface area contributed by atoms with E-state index in [4.69, 9.17) is 4.74 Å². The summed E-state index contributed by atoms with van der Waals surface area (Å²) in [4.78, 5) is 14.7. The van der Waals surface area contributed by atoms with Crippen molar-refractivity contribution >= 4 is 17.3 Å². The third kappa shape index (κ3) is 2.39. The number of hydrogen-bond acceptors (Lipinski definition) is 3. The Kier molecular flexibility index (Phi) is 3.87. The number of carbonyl (C=O) groups is 1. The smallest absolute Gasteiger partial charge is 0.339 e. The van der Waals surface area contributed by atoms with Gasteiger partial charge in [0, 0.05) is 9.75 Å². The molecule has 1 aliphatic carbocycles. The summed E-state index contributed by atoms with van der Waals surface area (Å²) in [6.45, 7) is 6.63. The van der Waals surface area contributed by atoms with Crippen LogP contribution < -0.4 is 0 Å². The van der Waals surface area contributed by atoms with E-state index in [0.717, 1.165) is 18.4 Å². The van der Waals surface area contributed by atoms with Crippen molar-refractivity contribution in [1.82, 2.24) is 0 Å². The molecule has 17 heavy (non-hydrogen) atoms. The Hall–Kier alpha value is -0.830. The van der Waals surface area contributed by atoms with Crippen LogP contribution in [-0.2, 0) is 17.6 Å². The highest BCUT2D eigenvalue weighted by molar-refractivity contribution is 7.12. The molecule has 0 unspecified atom stereocenters. The lowest BCUT2D eigenvalue weighted by Crippen LogP contribution is -2.11. The van der Waals surface area contributed by atoms with Crippen LogP contribution in [0.15, 0.2) is 0 Å². The lowest BCUT2D eigenvalue weighted by Gasteiger charge is -2.12. The monoisotopic (exact) mass is 252 g/mol. The van der Waals surface area contributed by atoms with E-state index in [1.807, 2.05) is 18.3 Å². The fourth-order valence-corrected chi connectivity index (χ4v) is 3.80. The molecule has 0 aliphatic heterocycles. The van der Waals surface area contributed by atoms with Gasteiger partial charge in [0.1, 0.15) is 0 Å². The minimum absolute atomic E-state index is 0.115. The SMILES string of the molecule is CCOC(=O)c1c(C(C)C)sc2c1CCCC2. The van der Waals surface area contributed by atoms with Gasteiger partial charge in [0.2, 0.25) is 0 Å². The van der Waals surface area contributed by atoms with Crippen molar-refractivity contribution in [3.63, 3.8) is 0 Å². The predicted molar refractivity (Wildman–Crippen MR) is 71.0 cm³/mol.